The highest BCUT2D eigenvalue weighted by atomic mass is 79.9. The molecule has 1 amide bonds. The molecule has 2 aromatic carbocycles. The first-order valence-corrected chi connectivity index (χ1v) is 8.81. The van der Waals surface area contributed by atoms with Gasteiger partial charge in [-0.05, 0) is 24.6 Å². The number of carbonyl (C=O) groups is 1. The van der Waals surface area contributed by atoms with Gasteiger partial charge in [0.05, 0.1) is 0 Å². The molecule has 3 aromatic rings. The van der Waals surface area contributed by atoms with Crippen LogP contribution in [0.4, 0.5) is 0 Å². The van der Waals surface area contributed by atoms with Crippen molar-refractivity contribution in [1.29, 1.82) is 0 Å². The van der Waals surface area contributed by atoms with Crippen molar-refractivity contribution in [2.45, 2.75) is 13.5 Å². The van der Waals surface area contributed by atoms with E-state index in [1.807, 2.05) is 49.4 Å². The van der Waals surface area contributed by atoms with Crippen molar-refractivity contribution in [3.05, 3.63) is 69.1 Å². The van der Waals surface area contributed by atoms with Gasteiger partial charge in [0.15, 0.2) is 0 Å². The Bertz CT molecular complexity index is 866. The summed E-state index contributed by atoms with van der Waals surface area (Å²) >= 11 is 4.92. The van der Waals surface area contributed by atoms with Gasteiger partial charge in [-0.1, -0.05) is 63.7 Å². The van der Waals surface area contributed by atoms with Crippen LogP contribution in [0.2, 0.25) is 0 Å². The van der Waals surface area contributed by atoms with E-state index in [0.29, 0.717) is 10.6 Å². The number of aromatic nitrogens is 2. The largest absolute Gasteiger partial charge is 0.275 e. The third kappa shape index (κ3) is 3.87. The van der Waals surface area contributed by atoms with Gasteiger partial charge < -0.3 is 0 Å². The second-order valence-corrected chi connectivity index (χ2v) is 6.93. The number of nitrogens with zero attached hydrogens (tertiary/aromatic N) is 2. The van der Waals surface area contributed by atoms with Gasteiger partial charge in [-0.3, -0.25) is 9.63 Å². The molecule has 3 rings (SSSR count). The summed E-state index contributed by atoms with van der Waals surface area (Å²) in [7, 11) is 0. The lowest BCUT2D eigenvalue weighted by molar-refractivity contribution is 0.0230. The third-order valence-electron chi connectivity index (χ3n) is 3.32. The van der Waals surface area contributed by atoms with Gasteiger partial charge in [-0.25, -0.2) is 5.48 Å². The zero-order chi connectivity index (χ0) is 16.9. The van der Waals surface area contributed by atoms with Crippen LogP contribution in [0.15, 0.2) is 53.0 Å². The van der Waals surface area contributed by atoms with E-state index in [9.17, 15) is 4.79 Å². The van der Waals surface area contributed by atoms with E-state index >= 15 is 0 Å². The summed E-state index contributed by atoms with van der Waals surface area (Å²) in [4.78, 5) is 17.3. The minimum absolute atomic E-state index is 0.166. The monoisotopic (exact) mass is 403 g/mol. The number of rotatable bonds is 5. The maximum atomic E-state index is 12.1. The van der Waals surface area contributed by atoms with Gasteiger partial charge in [-0.15, -0.1) is 10.2 Å². The molecule has 1 heterocycles. The van der Waals surface area contributed by atoms with Crippen LogP contribution in [0.25, 0.3) is 10.6 Å². The predicted molar refractivity (Wildman–Crippen MR) is 96.5 cm³/mol. The average Bonchev–Trinajstić information content (AvgIpc) is 3.04. The van der Waals surface area contributed by atoms with E-state index < -0.39 is 0 Å². The summed E-state index contributed by atoms with van der Waals surface area (Å²) < 4.78 is 0.960. The van der Waals surface area contributed by atoms with Crippen molar-refractivity contribution in [2.75, 3.05) is 0 Å². The Labute approximate surface area is 151 Å². The normalized spacial score (nSPS) is 10.6. The van der Waals surface area contributed by atoms with Crippen LogP contribution >= 0.6 is 27.3 Å². The van der Waals surface area contributed by atoms with Crippen molar-refractivity contribution in [2.24, 2.45) is 0 Å². The molecule has 122 valence electrons. The van der Waals surface area contributed by atoms with Crippen LogP contribution in [0.3, 0.4) is 0 Å². The van der Waals surface area contributed by atoms with Gasteiger partial charge in [0, 0.05) is 15.6 Å². The number of nitrogens with one attached hydrogen (secondary N) is 1. The second kappa shape index (κ2) is 7.65. The number of amides is 1. The molecule has 5 nitrogen and oxygen atoms in total. The van der Waals surface area contributed by atoms with Gasteiger partial charge in [0.25, 0.3) is 5.91 Å². The van der Waals surface area contributed by atoms with Gasteiger partial charge in [0.2, 0.25) is 0 Å². The topological polar surface area (TPSA) is 64.1 Å². The SMILES string of the molecule is Cc1ccccc1C(=O)NOCc1nnc(-c2ccccc2Br)s1. The Morgan fingerprint density at radius 2 is 1.92 bits per heavy atom. The molecule has 0 aliphatic carbocycles. The molecule has 24 heavy (non-hydrogen) atoms. The molecule has 0 fully saturated rings. The first-order chi connectivity index (χ1) is 11.6. The molecule has 0 radical (unpaired) electrons. The van der Waals surface area contributed by atoms with E-state index in [1.165, 1.54) is 11.3 Å². The molecule has 0 spiro atoms. The Morgan fingerprint density at radius 3 is 2.71 bits per heavy atom. The van der Waals surface area contributed by atoms with Crippen molar-refractivity contribution in [3.63, 3.8) is 0 Å². The highest BCUT2D eigenvalue weighted by Crippen LogP contribution is 2.30. The van der Waals surface area contributed by atoms with Crippen molar-refractivity contribution in [3.8, 4) is 10.6 Å². The Hall–Kier alpha value is -2.09. The molecule has 0 aliphatic heterocycles. The lowest BCUT2D eigenvalue weighted by atomic mass is 10.1. The quantitative estimate of drug-likeness (QED) is 0.650. The minimum Gasteiger partial charge on any atom is -0.267 e. The average molecular weight is 404 g/mol. The Balaban J connectivity index is 1.59. The molecule has 0 saturated carbocycles. The van der Waals surface area contributed by atoms with Crippen LogP contribution in [0.1, 0.15) is 20.9 Å². The van der Waals surface area contributed by atoms with Crippen molar-refractivity contribution in [1.82, 2.24) is 15.7 Å². The van der Waals surface area contributed by atoms with Gasteiger partial charge in [-0.2, -0.15) is 0 Å². The van der Waals surface area contributed by atoms with Crippen LogP contribution in [0, 0.1) is 6.92 Å². The molecule has 0 saturated heterocycles. The number of carbonyl (C=O) groups excluding carboxylic acids is 1. The summed E-state index contributed by atoms with van der Waals surface area (Å²) in [6, 6.07) is 15.1. The molecular weight excluding hydrogens is 390 g/mol. The highest BCUT2D eigenvalue weighted by molar-refractivity contribution is 9.10. The summed E-state index contributed by atoms with van der Waals surface area (Å²) in [5.41, 5.74) is 4.90. The first kappa shape index (κ1) is 16.8. The first-order valence-electron chi connectivity index (χ1n) is 7.20. The van der Waals surface area contributed by atoms with Crippen LogP contribution in [0.5, 0.6) is 0 Å². The summed E-state index contributed by atoms with van der Waals surface area (Å²) in [6.07, 6.45) is 0. The van der Waals surface area contributed by atoms with Crippen LogP contribution < -0.4 is 5.48 Å². The molecular formula is C17H14BrN3O2S. The number of hydrogen-bond acceptors (Lipinski definition) is 5. The van der Waals surface area contributed by atoms with E-state index in [-0.39, 0.29) is 12.5 Å². The van der Waals surface area contributed by atoms with E-state index in [4.69, 9.17) is 4.84 Å². The predicted octanol–water partition coefficient (Wildman–Crippen LogP) is 4.14. The molecule has 0 unspecified atom stereocenters. The van der Waals surface area contributed by atoms with Crippen molar-refractivity contribution < 1.29 is 9.63 Å². The van der Waals surface area contributed by atoms with E-state index in [1.54, 1.807) is 6.07 Å². The summed E-state index contributed by atoms with van der Waals surface area (Å²) in [5.74, 6) is -0.274. The number of benzene rings is 2. The second-order valence-electron chi connectivity index (χ2n) is 5.02. The third-order valence-corrected chi connectivity index (χ3v) is 4.94. The lowest BCUT2D eigenvalue weighted by Gasteiger charge is -2.06. The molecule has 1 N–H and O–H groups in total. The number of aryl methyl sites for hydroxylation is 1. The van der Waals surface area contributed by atoms with E-state index in [0.717, 1.165) is 20.6 Å². The highest BCUT2D eigenvalue weighted by Gasteiger charge is 2.11. The zero-order valence-electron chi connectivity index (χ0n) is 12.8. The Morgan fingerprint density at radius 1 is 1.17 bits per heavy atom. The molecule has 0 aliphatic rings. The van der Waals surface area contributed by atoms with Crippen LogP contribution in [-0.2, 0) is 11.4 Å². The van der Waals surface area contributed by atoms with Gasteiger partial charge in [0.1, 0.15) is 16.6 Å². The lowest BCUT2D eigenvalue weighted by Crippen LogP contribution is -2.24. The fraction of sp³-hybridized carbons (Fsp3) is 0.118. The maximum absolute atomic E-state index is 12.1. The van der Waals surface area contributed by atoms with Crippen LogP contribution in [-0.4, -0.2) is 16.1 Å². The number of halogens is 1. The fourth-order valence-electron chi connectivity index (χ4n) is 2.10. The van der Waals surface area contributed by atoms with Crippen molar-refractivity contribution >= 4 is 33.2 Å². The maximum Gasteiger partial charge on any atom is 0.275 e. The molecule has 0 atom stereocenters. The summed E-state index contributed by atoms with van der Waals surface area (Å²) in [5, 5.41) is 9.74. The van der Waals surface area contributed by atoms with Gasteiger partial charge >= 0.3 is 0 Å². The smallest absolute Gasteiger partial charge is 0.267 e. The Kier molecular flexibility index (Phi) is 5.34. The minimum atomic E-state index is -0.274. The number of hydrogen-bond donors (Lipinski definition) is 1. The molecule has 0 bridgehead atoms. The summed E-state index contributed by atoms with van der Waals surface area (Å²) in [6.45, 7) is 2.05. The zero-order valence-corrected chi connectivity index (χ0v) is 15.2. The fourth-order valence-corrected chi connectivity index (χ4v) is 3.50. The number of hydroxylamine groups is 1. The standard InChI is InChI=1S/C17H14BrN3O2S/c1-11-6-2-3-7-12(11)16(22)21-23-10-15-19-20-17(24-15)13-8-4-5-9-14(13)18/h2-9H,10H2,1H3,(H,21,22). The molecule has 1 aromatic heterocycles. The van der Waals surface area contributed by atoms with E-state index in [2.05, 4.69) is 31.6 Å². The molecule has 7 heteroatoms.